The Balaban J connectivity index is 1.81. The molecule has 0 radical (unpaired) electrons. The van der Waals surface area contributed by atoms with Crippen LogP contribution in [0.3, 0.4) is 0 Å². The van der Waals surface area contributed by atoms with E-state index in [1.807, 2.05) is 30.3 Å². The van der Waals surface area contributed by atoms with Crippen LogP contribution >= 0.6 is 15.9 Å². The minimum absolute atomic E-state index is 0.0351. The third-order valence-corrected chi connectivity index (χ3v) is 6.86. The number of benzene rings is 3. The summed E-state index contributed by atoms with van der Waals surface area (Å²) in [4.78, 5) is 12.6. The van der Waals surface area contributed by atoms with Crippen LogP contribution in [0.25, 0.3) is 0 Å². The lowest BCUT2D eigenvalue weighted by Crippen LogP contribution is -2.39. The number of nitrogens with one attached hydrogen (secondary N) is 1. The zero-order valence-electron chi connectivity index (χ0n) is 16.3. The van der Waals surface area contributed by atoms with E-state index in [1.165, 1.54) is 18.2 Å². The highest BCUT2D eigenvalue weighted by atomic mass is 79.9. The second-order valence-corrected chi connectivity index (χ2v) is 9.56. The summed E-state index contributed by atoms with van der Waals surface area (Å²) in [6.07, 6.45) is 0.398. The smallest absolute Gasteiger partial charge is 0.243 e. The van der Waals surface area contributed by atoms with E-state index in [-0.39, 0.29) is 17.1 Å². The van der Waals surface area contributed by atoms with Crippen LogP contribution in [-0.4, -0.2) is 31.7 Å². The topological polar surface area (TPSA) is 66.5 Å². The van der Waals surface area contributed by atoms with Crippen LogP contribution in [0.1, 0.15) is 5.56 Å². The number of anilines is 1. The zero-order chi connectivity index (χ0) is 22.4. The molecule has 1 N–H and O–H groups in total. The lowest BCUT2D eigenvalue weighted by atomic mass is 10.1. The first kappa shape index (κ1) is 23.1. The van der Waals surface area contributed by atoms with Crippen molar-refractivity contribution in [1.29, 1.82) is 0 Å². The van der Waals surface area contributed by atoms with Crippen LogP contribution in [0, 0.1) is 11.6 Å². The van der Waals surface area contributed by atoms with E-state index in [0.29, 0.717) is 6.42 Å². The van der Waals surface area contributed by atoms with Gasteiger partial charge >= 0.3 is 0 Å². The number of carbonyl (C=O) groups excluding carboxylic acids is 1. The fraction of sp³-hybridized carbons (Fsp3) is 0.136. The molecule has 0 heterocycles. The summed E-state index contributed by atoms with van der Waals surface area (Å²) in [6.45, 7) is -0.419. The van der Waals surface area contributed by atoms with Crippen molar-refractivity contribution in [2.24, 2.45) is 0 Å². The average molecular weight is 509 g/mol. The van der Waals surface area contributed by atoms with Gasteiger partial charge in [0.25, 0.3) is 0 Å². The van der Waals surface area contributed by atoms with Crippen molar-refractivity contribution in [3.05, 3.63) is 94.5 Å². The number of nitrogens with zero attached hydrogens (tertiary/aromatic N) is 1. The van der Waals surface area contributed by atoms with Gasteiger partial charge in [-0.05, 0) is 48.4 Å². The monoisotopic (exact) mass is 508 g/mol. The Morgan fingerprint density at radius 1 is 0.935 bits per heavy atom. The lowest BCUT2D eigenvalue weighted by Gasteiger charge is -2.22. The summed E-state index contributed by atoms with van der Waals surface area (Å²) in [5.74, 6) is -2.82. The largest absolute Gasteiger partial charge is 0.325 e. The predicted octanol–water partition coefficient (Wildman–Crippen LogP) is 4.60. The quantitative estimate of drug-likeness (QED) is 0.483. The van der Waals surface area contributed by atoms with E-state index < -0.39 is 34.1 Å². The highest BCUT2D eigenvalue weighted by molar-refractivity contribution is 9.10. The summed E-state index contributed by atoms with van der Waals surface area (Å²) < 4.78 is 54.6. The number of halogens is 3. The summed E-state index contributed by atoms with van der Waals surface area (Å²) in [6, 6.07) is 18.3. The molecule has 3 aromatic carbocycles. The summed E-state index contributed by atoms with van der Waals surface area (Å²) in [7, 11) is -3.97. The molecule has 3 rings (SSSR count). The van der Waals surface area contributed by atoms with Gasteiger partial charge in [-0.15, -0.1) is 0 Å². The zero-order valence-corrected chi connectivity index (χ0v) is 18.7. The van der Waals surface area contributed by atoms with Crippen molar-refractivity contribution in [2.75, 3.05) is 18.4 Å². The van der Waals surface area contributed by atoms with Crippen molar-refractivity contribution in [3.63, 3.8) is 0 Å². The molecule has 0 aromatic heterocycles. The summed E-state index contributed by atoms with van der Waals surface area (Å²) >= 11 is 3.27. The van der Waals surface area contributed by atoms with Gasteiger partial charge in [0.05, 0.1) is 11.4 Å². The highest BCUT2D eigenvalue weighted by Crippen LogP contribution is 2.20. The first-order valence-corrected chi connectivity index (χ1v) is 11.5. The first-order chi connectivity index (χ1) is 14.8. The first-order valence-electron chi connectivity index (χ1n) is 9.30. The Bertz CT molecular complexity index is 1160. The molecule has 162 valence electrons. The van der Waals surface area contributed by atoms with Crippen LogP contribution in [-0.2, 0) is 21.2 Å². The fourth-order valence-corrected chi connectivity index (χ4v) is 4.53. The van der Waals surface area contributed by atoms with Gasteiger partial charge in [0.1, 0.15) is 0 Å². The standard InChI is InChI=1S/C22H19BrF2N2O3S/c23-17-6-9-19(10-7-17)31(29,30)27(13-12-16-4-2-1-3-5-16)15-22(28)26-18-8-11-20(24)21(25)14-18/h1-11,14H,12-13,15H2,(H,26,28). The molecule has 5 nitrogen and oxygen atoms in total. The van der Waals surface area contributed by atoms with Gasteiger partial charge in [0.2, 0.25) is 15.9 Å². The average Bonchev–Trinajstić information content (AvgIpc) is 2.74. The third kappa shape index (κ3) is 6.19. The van der Waals surface area contributed by atoms with E-state index in [0.717, 1.165) is 26.5 Å². The van der Waals surface area contributed by atoms with Crippen LogP contribution in [0.4, 0.5) is 14.5 Å². The fourth-order valence-electron chi connectivity index (χ4n) is 2.87. The van der Waals surface area contributed by atoms with E-state index in [4.69, 9.17) is 0 Å². The number of hydrogen-bond donors (Lipinski definition) is 1. The molecule has 0 aliphatic heterocycles. The minimum Gasteiger partial charge on any atom is -0.325 e. The van der Waals surface area contributed by atoms with Crippen molar-refractivity contribution < 1.29 is 22.0 Å². The van der Waals surface area contributed by atoms with Crippen molar-refractivity contribution >= 4 is 37.5 Å². The van der Waals surface area contributed by atoms with Crippen molar-refractivity contribution in [2.45, 2.75) is 11.3 Å². The van der Waals surface area contributed by atoms with Crippen LogP contribution in [0.2, 0.25) is 0 Å². The number of amides is 1. The van der Waals surface area contributed by atoms with E-state index in [1.54, 1.807) is 12.1 Å². The molecule has 0 bridgehead atoms. The SMILES string of the molecule is O=C(CN(CCc1ccccc1)S(=O)(=O)c1ccc(Br)cc1)Nc1ccc(F)c(F)c1. The van der Waals surface area contributed by atoms with Crippen molar-refractivity contribution in [3.8, 4) is 0 Å². The number of carbonyl (C=O) groups is 1. The number of hydrogen-bond acceptors (Lipinski definition) is 3. The molecule has 0 aliphatic carbocycles. The van der Waals surface area contributed by atoms with E-state index in [9.17, 15) is 22.0 Å². The maximum absolute atomic E-state index is 13.4. The van der Waals surface area contributed by atoms with Gasteiger partial charge in [0.15, 0.2) is 11.6 Å². The molecule has 0 unspecified atom stereocenters. The van der Waals surface area contributed by atoms with Gasteiger partial charge in [-0.2, -0.15) is 4.31 Å². The highest BCUT2D eigenvalue weighted by Gasteiger charge is 2.26. The van der Waals surface area contributed by atoms with Gasteiger partial charge in [-0.3, -0.25) is 4.79 Å². The molecule has 9 heteroatoms. The molecule has 0 aliphatic rings. The molecule has 0 spiro atoms. The summed E-state index contributed by atoms with van der Waals surface area (Å²) in [5.41, 5.74) is 0.951. The van der Waals surface area contributed by atoms with E-state index in [2.05, 4.69) is 21.2 Å². The second kappa shape index (κ2) is 10.1. The normalized spacial score (nSPS) is 11.5. The maximum atomic E-state index is 13.4. The molecular weight excluding hydrogens is 490 g/mol. The Morgan fingerprint density at radius 3 is 2.26 bits per heavy atom. The van der Waals surface area contributed by atoms with Gasteiger partial charge in [-0.25, -0.2) is 17.2 Å². The molecule has 3 aromatic rings. The van der Waals surface area contributed by atoms with Crippen LogP contribution in [0.15, 0.2) is 82.2 Å². The molecule has 0 atom stereocenters. The Morgan fingerprint density at radius 2 is 1.61 bits per heavy atom. The van der Waals surface area contributed by atoms with Crippen molar-refractivity contribution in [1.82, 2.24) is 4.31 Å². The van der Waals surface area contributed by atoms with Crippen LogP contribution < -0.4 is 5.32 Å². The molecule has 0 fully saturated rings. The van der Waals surface area contributed by atoms with E-state index >= 15 is 0 Å². The Hall–Kier alpha value is -2.62. The molecular formula is C22H19BrF2N2O3S. The Kier molecular flexibility index (Phi) is 7.53. The lowest BCUT2D eigenvalue weighted by molar-refractivity contribution is -0.116. The third-order valence-electron chi connectivity index (χ3n) is 4.47. The van der Waals surface area contributed by atoms with Gasteiger partial charge in [0, 0.05) is 22.8 Å². The summed E-state index contributed by atoms with van der Waals surface area (Å²) in [5, 5.41) is 2.41. The molecule has 0 saturated carbocycles. The minimum atomic E-state index is -3.97. The van der Waals surface area contributed by atoms with Gasteiger partial charge in [-0.1, -0.05) is 46.3 Å². The molecule has 31 heavy (non-hydrogen) atoms. The maximum Gasteiger partial charge on any atom is 0.243 e. The molecule has 1 amide bonds. The second-order valence-electron chi connectivity index (χ2n) is 6.71. The van der Waals surface area contributed by atoms with Gasteiger partial charge < -0.3 is 5.32 Å². The molecule has 0 saturated heterocycles. The predicted molar refractivity (Wildman–Crippen MR) is 118 cm³/mol. The Labute approximate surface area is 187 Å². The number of sulfonamides is 1. The number of rotatable bonds is 8. The van der Waals surface area contributed by atoms with Crippen LogP contribution in [0.5, 0.6) is 0 Å².